The summed E-state index contributed by atoms with van der Waals surface area (Å²) in [5, 5.41) is 13.7. The third kappa shape index (κ3) is 3.22. The van der Waals surface area contributed by atoms with Gasteiger partial charge >= 0.3 is 0 Å². The molecule has 94 valence electrons. The summed E-state index contributed by atoms with van der Waals surface area (Å²) in [5.41, 5.74) is 1.66. The van der Waals surface area contributed by atoms with Crippen molar-refractivity contribution in [1.29, 1.82) is 0 Å². The van der Waals surface area contributed by atoms with Crippen molar-refractivity contribution in [2.75, 3.05) is 11.9 Å². The second-order valence-electron chi connectivity index (χ2n) is 4.08. The Labute approximate surface area is 111 Å². The fourth-order valence-electron chi connectivity index (χ4n) is 1.70. The van der Waals surface area contributed by atoms with E-state index >= 15 is 0 Å². The molecule has 0 amide bonds. The first-order valence-electron chi connectivity index (χ1n) is 5.77. The normalized spacial score (nSPS) is 12.2. The third-order valence-corrected chi connectivity index (χ3v) is 2.97. The minimum absolute atomic E-state index is 0.375. The Bertz CT molecular complexity index is 531. The van der Waals surface area contributed by atoms with Crippen LogP contribution in [0.3, 0.4) is 0 Å². The summed E-state index contributed by atoms with van der Waals surface area (Å²) in [6, 6.07) is 13.0. The van der Waals surface area contributed by atoms with Gasteiger partial charge in [0.05, 0.1) is 6.10 Å². The average Bonchev–Trinajstić information content (AvgIpc) is 2.37. The van der Waals surface area contributed by atoms with Crippen LogP contribution in [0.2, 0.25) is 5.02 Å². The van der Waals surface area contributed by atoms with Crippen LogP contribution in [0.1, 0.15) is 17.4 Å². The molecular formula is C14H15ClN2O. The molecule has 0 saturated heterocycles. The van der Waals surface area contributed by atoms with E-state index in [1.165, 1.54) is 0 Å². The SMILES string of the molecule is Cc1cccc(NCC(O)c2ccccc2Cl)n1. The standard InChI is InChI=1S/C14H15ClN2O/c1-10-5-4-8-14(17-10)16-9-13(18)11-6-2-3-7-12(11)15/h2-8,13,18H,9H2,1H3,(H,16,17). The number of aromatic nitrogens is 1. The van der Waals surface area contributed by atoms with Crippen molar-refractivity contribution in [1.82, 2.24) is 4.98 Å². The van der Waals surface area contributed by atoms with Crippen LogP contribution in [0.4, 0.5) is 5.82 Å². The van der Waals surface area contributed by atoms with Crippen molar-refractivity contribution in [3.63, 3.8) is 0 Å². The summed E-state index contributed by atoms with van der Waals surface area (Å²) < 4.78 is 0. The fraction of sp³-hybridized carbons (Fsp3) is 0.214. The van der Waals surface area contributed by atoms with E-state index in [1.54, 1.807) is 6.07 Å². The molecule has 0 aliphatic rings. The number of nitrogens with one attached hydrogen (secondary N) is 1. The summed E-state index contributed by atoms with van der Waals surface area (Å²) in [5.74, 6) is 0.751. The predicted octanol–water partition coefficient (Wildman–Crippen LogP) is 3.19. The number of rotatable bonds is 4. The number of hydrogen-bond acceptors (Lipinski definition) is 3. The molecule has 0 radical (unpaired) electrons. The highest BCUT2D eigenvalue weighted by atomic mass is 35.5. The van der Waals surface area contributed by atoms with Crippen LogP contribution in [0.15, 0.2) is 42.5 Å². The number of nitrogens with zero attached hydrogens (tertiary/aromatic N) is 1. The lowest BCUT2D eigenvalue weighted by Crippen LogP contribution is -2.13. The largest absolute Gasteiger partial charge is 0.387 e. The molecule has 1 aromatic carbocycles. The Morgan fingerprint density at radius 3 is 2.72 bits per heavy atom. The molecule has 3 nitrogen and oxygen atoms in total. The molecule has 18 heavy (non-hydrogen) atoms. The van der Waals surface area contributed by atoms with Crippen molar-refractivity contribution < 1.29 is 5.11 Å². The molecule has 2 N–H and O–H groups in total. The lowest BCUT2D eigenvalue weighted by Gasteiger charge is -2.14. The molecule has 0 bridgehead atoms. The molecular weight excluding hydrogens is 248 g/mol. The van der Waals surface area contributed by atoms with Crippen molar-refractivity contribution in [3.8, 4) is 0 Å². The van der Waals surface area contributed by atoms with Gasteiger partial charge in [0.1, 0.15) is 5.82 Å². The quantitative estimate of drug-likeness (QED) is 0.890. The predicted molar refractivity (Wildman–Crippen MR) is 73.9 cm³/mol. The molecule has 0 fully saturated rings. The summed E-state index contributed by atoms with van der Waals surface area (Å²) in [7, 11) is 0. The van der Waals surface area contributed by atoms with Crippen LogP contribution in [0, 0.1) is 6.92 Å². The Morgan fingerprint density at radius 2 is 2.00 bits per heavy atom. The van der Waals surface area contributed by atoms with Gasteiger partial charge in [-0.15, -0.1) is 0 Å². The van der Waals surface area contributed by atoms with Crippen molar-refractivity contribution in [3.05, 3.63) is 58.7 Å². The molecule has 1 unspecified atom stereocenters. The maximum Gasteiger partial charge on any atom is 0.126 e. The van der Waals surface area contributed by atoms with E-state index in [4.69, 9.17) is 11.6 Å². The highest BCUT2D eigenvalue weighted by Crippen LogP contribution is 2.22. The van der Waals surface area contributed by atoms with E-state index in [-0.39, 0.29) is 0 Å². The van der Waals surface area contributed by atoms with Gasteiger partial charge in [-0.05, 0) is 25.1 Å². The molecule has 0 saturated carbocycles. The zero-order valence-electron chi connectivity index (χ0n) is 10.1. The maximum absolute atomic E-state index is 10.1. The van der Waals surface area contributed by atoms with E-state index in [1.807, 2.05) is 43.3 Å². The number of halogens is 1. The number of aryl methyl sites for hydroxylation is 1. The molecule has 0 spiro atoms. The first-order chi connectivity index (χ1) is 8.66. The number of pyridine rings is 1. The van der Waals surface area contributed by atoms with Gasteiger partial charge < -0.3 is 10.4 Å². The molecule has 2 aromatic rings. The summed E-state index contributed by atoms with van der Waals surface area (Å²) in [6.45, 7) is 2.30. The van der Waals surface area contributed by atoms with Gasteiger partial charge in [0.2, 0.25) is 0 Å². The minimum Gasteiger partial charge on any atom is -0.387 e. The van der Waals surface area contributed by atoms with Crippen LogP contribution in [-0.2, 0) is 0 Å². The number of hydrogen-bond donors (Lipinski definition) is 2. The van der Waals surface area contributed by atoms with E-state index in [2.05, 4.69) is 10.3 Å². The van der Waals surface area contributed by atoms with E-state index in [0.29, 0.717) is 11.6 Å². The van der Waals surface area contributed by atoms with Gasteiger partial charge in [-0.2, -0.15) is 0 Å². The van der Waals surface area contributed by atoms with Gasteiger partial charge in [-0.25, -0.2) is 4.98 Å². The molecule has 0 aliphatic heterocycles. The summed E-state index contributed by atoms with van der Waals surface area (Å²) in [6.07, 6.45) is -0.652. The minimum atomic E-state index is -0.652. The second kappa shape index (κ2) is 5.85. The monoisotopic (exact) mass is 262 g/mol. The Morgan fingerprint density at radius 1 is 1.22 bits per heavy atom. The Kier molecular flexibility index (Phi) is 4.18. The molecule has 2 rings (SSSR count). The molecule has 0 aliphatic carbocycles. The lowest BCUT2D eigenvalue weighted by atomic mass is 10.1. The van der Waals surface area contributed by atoms with Crippen molar-refractivity contribution in [2.24, 2.45) is 0 Å². The molecule has 1 heterocycles. The summed E-state index contributed by atoms with van der Waals surface area (Å²) >= 11 is 6.02. The van der Waals surface area contributed by atoms with Crippen molar-refractivity contribution in [2.45, 2.75) is 13.0 Å². The first-order valence-corrected chi connectivity index (χ1v) is 6.14. The van der Waals surface area contributed by atoms with E-state index < -0.39 is 6.10 Å². The highest BCUT2D eigenvalue weighted by Gasteiger charge is 2.10. The van der Waals surface area contributed by atoms with Crippen LogP contribution >= 0.6 is 11.6 Å². The zero-order chi connectivity index (χ0) is 13.0. The topological polar surface area (TPSA) is 45.1 Å². The van der Waals surface area contributed by atoms with Gasteiger partial charge in [-0.3, -0.25) is 0 Å². The smallest absolute Gasteiger partial charge is 0.126 e. The van der Waals surface area contributed by atoms with Crippen molar-refractivity contribution >= 4 is 17.4 Å². The first kappa shape index (κ1) is 12.9. The summed E-state index contributed by atoms with van der Waals surface area (Å²) in [4.78, 5) is 4.31. The highest BCUT2D eigenvalue weighted by molar-refractivity contribution is 6.31. The third-order valence-electron chi connectivity index (χ3n) is 2.63. The second-order valence-corrected chi connectivity index (χ2v) is 4.49. The van der Waals surface area contributed by atoms with Crippen LogP contribution < -0.4 is 5.32 Å². The Hall–Kier alpha value is -1.58. The van der Waals surface area contributed by atoms with E-state index in [9.17, 15) is 5.11 Å². The van der Waals surface area contributed by atoms with E-state index in [0.717, 1.165) is 17.1 Å². The lowest BCUT2D eigenvalue weighted by molar-refractivity contribution is 0.191. The van der Waals surface area contributed by atoms with Crippen LogP contribution in [0.25, 0.3) is 0 Å². The zero-order valence-corrected chi connectivity index (χ0v) is 10.9. The number of aliphatic hydroxyl groups excluding tert-OH is 1. The van der Waals surface area contributed by atoms with Gasteiger partial charge in [0.15, 0.2) is 0 Å². The molecule has 1 aromatic heterocycles. The molecule has 4 heteroatoms. The fourth-order valence-corrected chi connectivity index (χ4v) is 1.96. The van der Waals surface area contributed by atoms with Crippen LogP contribution in [-0.4, -0.2) is 16.6 Å². The number of anilines is 1. The number of benzene rings is 1. The Balaban J connectivity index is 2.00. The maximum atomic E-state index is 10.1. The van der Waals surface area contributed by atoms with Crippen LogP contribution in [0.5, 0.6) is 0 Å². The van der Waals surface area contributed by atoms with Gasteiger partial charge in [-0.1, -0.05) is 35.9 Å². The average molecular weight is 263 g/mol. The van der Waals surface area contributed by atoms with Gasteiger partial charge in [0.25, 0.3) is 0 Å². The number of aliphatic hydroxyl groups is 1. The molecule has 1 atom stereocenters. The van der Waals surface area contributed by atoms with Gasteiger partial charge in [0, 0.05) is 22.8 Å².